The second-order valence-corrected chi connectivity index (χ2v) is 16.4. The van der Waals surface area contributed by atoms with Crippen LogP contribution in [-0.4, -0.2) is 37.9 Å². The van der Waals surface area contributed by atoms with E-state index in [1.807, 2.05) is 0 Å². The summed E-state index contributed by atoms with van der Waals surface area (Å²) >= 11 is 0. The Balaban J connectivity index is 4.07. The Kier molecular flexibility index (Phi) is 44.9. The molecule has 0 N–H and O–H groups in total. The molecule has 0 amide bonds. The summed E-state index contributed by atoms with van der Waals surface area (Å²) in [5, 5.41) is 0. The van der Waals surface area contributed by atoms with Crippen molar-refractivity contribution in [1.29, 1.82) is 0 Å². The van der Waals surface area contributed by atoms with Gasteiger partial charge in [-0.25, -0.2) is 0 Å². The minimum absolute atomic E-state index is 0.0888. The Morgan fingerprint density at radius 3 is 1.15 bits per heavy atom. The summed E-state index contributed by atoms with van der Waals surface area (Å²) in [4.78, 5) is 25.1. The third-order valence-corrected chi connectivity index (χ3v) is 10.8. The molecule has 54 heavy (non-hydrogen) atoms. The molecule has 0 radical (unpaired) electrons. The van der Waals surface area contributed by atoms with Gasteiger partial charge < -0.3 is 14.2 Å². The van der Waals surface area contributed by atoms with Gasteiger partial charge in [0, 0.05) is 19.4 Å². The van der Waals surface area contributed by atoms with Crippen molar-refractivity contribution in [3.8, 4) is 0 Å². The molecule has 0 fully saturated rings. The fraction of sp³-hybridized carbons (Fsp3) is 0.918. The third-order valence-electron chi connectivity index (χ3n) is 10.8. The number of esters is 2. The molecule has 0 saturated heterocycles. The van der Waals surface area contributed by atoms with Crippen LogP contribution in [-0.2, 0) is 23.8 Å². The first-order chi connectivity index (χ1) is 26.6. The summed E-state index contributed by atoms with van der Waals surface area (Å²) in [7, 11) is 0. The van der Waals surface area contributed by atoms with Crippen LogP contribution in [0.4, 0.5) is 0 Å². The highest BCUT2D eigenvalue weighted by molar-refractivity contribution is 5.70. The summed E-state index contributed by atoms with van der Waals surface area (Å²) in [6, 6.07) is 0. The molecular formula is C49H94O5. The standard InChI is InChI=1S/C49H94O5/c1-4-7-10-13-16-18-20-22-23-24-25-26-28-30-32-35-38-41-44-52-45-47(54-49(51)43-40-37-33-15-12-9-6-3)46-53-48(50)42-39-36-34-31-29-27-21-19-17-14-11-8-5-2/h19,21,47H,4-18,20,22-46H2,1-3H3/b21-19-. The fourth-order valence-corrected chi connectivity index (χ4v) is 7.15. The molecule has 0 aliphatic carbocycles. The second kappa shape index (κ2) is 46.0. The lowest BCUT2D eigenvalue weighted by Crippen LogP contribution is -2.30. The SMILES string of the molecule is CCCCCC/C=C\CCCCCCCC(=O)OCC(COCCCCCCCCCCCCCCCCCCCC)OC(=O)CCCCCCCCC. The van der Waals surface area contributed by atoms with Gasteiger partial charge in [-0.05, 0) is 44.9 Å². The number of ether oxygens (including phenoxy) is 3. The van der Waals surface area contributed by atoms with Crippen molar-refractivity contribution in [2.45, 2.75) is 271 Å². The van der Waals surface area contributed by atoms with Gasteiger partial charge in [0.2, 0.25) is 0 Å². The Morgan fingerprint density at radius 1 is 0.389 bits per heavy atom. The smallest absolute Gasteiger partial charge is 0.306 e. The van der Waals surface area contributed by atoms with E-state index in [0.717, 1.165) is 44.9 Å². The number of allylic oxidation sites excluding steroid dienone is 2. The van der Waals surface area contributed by atoms with Crippen LogP contribution >= 0.6 is 0 Å². The van der Waals surface area contributed by atoms with Crippen LogP contribution in [0.25, 0.3) is 0 Å². The van der Waals surface area contributed by atoms with E-state index in [1.54, 1.807) is 0 Å². The lowest BCUT2D eigenvalue weighted by atomic mass is 10.0. The van der Waals surface area contributed by atoms with Crippen LogP contribution in [0.5, 0.6) is 0 Å². The van der Waals surface area contributed by atoms with Crippen LogP contribution < -0.4 is 0 Å². The van der Waals surface area contributed by atoms with E-state index in [0.29, 0.717) is 26.1 Å². The highest BCUT2D eigenvalue weighted by atomic mass is 16.6. The van der Waals surface area contributed by atoms with Gasteiger partial charge in [0.15, 0.2) is 6.10 Å². The molecule has 0 heterocycles. The minimum Gasteiger partial charge on any atom is -0.462 e. The molecule has 1 unspecified atom stereocenters. The molecular weight excluding hydrogens is 669 g/mol. The molecule has 5 nitrogen and oxygen atoms in total. The predicted molar refractivity (Wildman–Crippen MR) is 233 cm³/mol. The molecule has 0 bridgehead atoms. The lowest BCUT2D eigenvalue weighted by molar-refractivity contribution is -0.163. The van der Waals surface area contributed by atoms with Gasteiger partial charge in [-0.1, -0.05) is 219 Å². The van der Waals surface area contributed by atoms with E-state index in [9.17, 15) is 9.59 Å². The summed E-state index contributed by atoms with van der Waals surface area (Å²) in [6.07, 6.45) is 50.8. The van der Waals surface area contributed by atoms with E-state index in [4.69, 9.17) is 14.2 Å². The van der Waals surface area contributed by atoms with E-state index in [1.165, 1.54) is 186 Å². The molecule has 0 spiro atoms. The third kappa shape index (κ3) is 43.4. The van der Waals surface area contributed by atoms with Gasteiger partial charge in [0.25, 0.3) is 0 Å². The van der Waals surface area contributed by atoms with Gasteiger partial charge in [0.1, 0.15) is 6.61 Å². The predicted octanol–water partition coefficient (Wildman–Crippen LogP) is 15.9. The average Bonchev–Trinajstić information content (AvgIpc) is 3.17. The molecule has 320 valence electrons. The second-order valence-electron chi connectivity index (χ2n) is 16.4. The normalized spacial score (nSPS) is 12.1. The highest BCUT2D eigenvalue weighted by Gasteiger charge is 2.17. The quantitative estimate of drug-likeness (QED) is 0.0351. The summed E-state index contributed by atoms with van der Waals surface area (Å²) in [5.74, 6) is -0.398. The van der Waals surface area contributed by atoms with Gasteiger partial charge in [-0.3, -0.25) is 9.59 Å². The topological polar surface area (TPSA) is 61.8 Å². The monoisotopic (exact) mass is 763 g/mol. The van der Waals surface area contributed by atoms with E-state index >= 15 is 0 Å². The molecule has 1 atom stereocenters. The largest absolute Gasteiger partial charge is 0.462 e. The highest BCUT2D eigenvalue weighted by Crippen LogP contribution is 2.15. The van der Waals surface area contributed by atoms with Crippen molar-refractivity contribution >= 4 is 11.9 Å². The van der Waals surface area contributed by atoms with Crippen molar-refractivity contribution in [2.24, 2.45) is 0 Å². The Hall–Kier alpha value is -1.36. The fourth-order valence-electron chi connectivity index (χ4n) is 7.15. The van der Waals surface area contributed by atoms with Crippen LogP contribution in [0.15, 0.2) is 12.2 Å². The number of carbonyl (C=O) groups excluding carboxylic acids is 2. The molecule has 0 rings (SSSR count). The Morgan fingerprint density at radius 2 is 0.722 bits per heavy atom. The number of rotatable bonds is 45. The first-order valence-electron chi connectivity index (χ1n) is 24.2. The zero-order valence-corrected chi connectivity index (χ0v) is 36.8. The molecule has 0 aromatic heterocycles. The van der Waals surface area contributed by atoms with Gasteiger partial charge in [-0.15, -0.1) is 0 Å². The van der Waals surface area contributed by atoms with Crippen molar-refractivity contribution < 1.29 is 23.8 Å². The maximum absolute atomic E-state index is 12.6. The van der Waals surface area contributed by atoms with Crippen LogP contribution in [0.2, 0.25) is 0 Å². The molecule has 0 aliphatic rings. The molecule has 0 aromatic rings. The number of hydrogen-bond acceptors (Lipinski definition) is 5. The van der Waals surface area contributed by atoms with Crippen molar-refractivity contribution in [3.05, 3.63) is 12.2 Å². The van der Waals surface area contributed by atoms with Crippen LogP contribution in [0.3, 0.4) is 0 Å². The molecule has 0 saturated carbocycles. The molecule has 5 heteroatoms. The maximum Gasteiger partial charge on any atom is 0.306 e. The lowest BCUT2D eigenvalue weighted by Gasteiger charge is -2.18. The van der Waals surface area contributed by atoms with E-state index in [2.05, 4.69) is 32.9 Å². The molecule has 0 aromatic carbocycles. The first-order valence-corrected chi connectivity index (χ1v) is 24.2. The maximum atomic E-state index is 12.6. The van der Waals surface area contributed by atoms with Crippen LogP contribution in [0.1, 0.15) is 265 Å². The van der Waals surface area contributed by atoms with Crippen molar-refractivity contribution in [2.75, 3.05) is 19.8 Å². The van der Waals surface area contributed by atoms with E-state index < -0.39 is 6.10 Å². The number of hydrogen-bond donors (Lipinski definition) is 0. The summed E-state index contributed by atoms with van der Waals surface area (Å²) in [6.45, 7) is 7.82. The Labute approximate surface area is 337 Å². The minimum atomic E-state index is -0.527. The molecule has 0 aliphatic heterocycles. The Bertz CT molecular complexity index is 780. The van der Waals surface area contributed by atoms with Crippen molar-refractivity contribution in [1.82, 2.24) is 0 Å². The van der Waals surface area contributed by atoms with E-state index in [-0.39, 0.29) is 18.5 Å². The summed E-state index contributed by atoms with van der Waals surface area (Å²) in [5.41, 5.74) is 0. The van der Waals surface area contributed by atoms with Gasteiger partial charge >= 0.3 is 11.9 Å². The average molecular weight is 763 g/mol. The number of carbonyl (C=O) groups is 2. The van der Waals surface area contributed by atoms with Crippen LogP contribution in [0, 0.1) is 0 Å². The van der Waals surface area contributed by atoms with Gasteiger partial charge in [-0.2, -0.15) is 0 Å². The summed E-state index contributed by atoms with van der Waals surface area (Å²) < 4.78 is 17.3. The number of unbranched alkanes of at least 4 members (excludes halogenated alkanes) is 32. The zero-order valence-electron chi connectivity index (χ0n) is 36.8. The first kappa shape index (κ1) is 52.6. The van der Waals surface area contributed by atoms with Gasteiger partial charge in [0.05, 0.1) is 6.61 Å². The zero-order chi connectivity index (χ0) is 39.3. The van der Waals surface area contributed by atoms with Crippen molar-refractivity contribution in [3.63, 3.8) is 0 Å².